The zero-order valence-electron chi connectivity index (χ0n) is 8.35. The highest BCUT2D eigenvalue weighted by atomic mass is 16.4. The number of rotatable bonds is 4. The summed E-state index contributed by atoms with van der Waals surface area (Å²) in [6.07, 6.45) is 0.0969. The van der Waals surface area contributed by atoms with Crippen LogP contribution in [0.5, 0.6) is 0 Å². The van der Waals surface area contributed by atoms with Gasteiger partial charge >= 0.3 is 6.09 Å². The maximum absolute atomic E-state index is 10.2. The van der Waals surface area contributed by atoms with Crippen LogP contribution in [-0.2, 0) is 0 Å². The first-order valence-electron chi connectivity index (χ1n) is 4.30. The van der Waals surface area contributed by atoms with Crippen LogP contribution in [0.1, 0.15) is 34.1 Å². The summed E-state index contributed by atoms with van der Waals surface area (Å²) in [5, 5.41) is 10.8. The van der Waals surface area contributed by atoms with Crippen LogP contribution in [0.15, 0.2) is 0 Å². The summed E-state index contributed by atoms with van der Waals surface area (Å²) in [4.78, 5) is 10.2. The third kappa shape index (κ3) is 6.01. The molecular formula is C9H19NO2. The summed E-state index contributed by atoms with van der Waals surface area (Å²) >= 11 is 0. The van der Waals surface area contributed by atoms with Gasteiger partial charge in [0.2, 0.25) is 0 Å². The lowest BCUT2D eigenvalue weighted by Gasteiger charge is -2.26. The molecule has 0 aromatic rings. The molecule has 0 bridgehead atoms. The van der Waals surface area contributed by atoms with E-state index in [1.54, 1.807) is 0 Å². The van der Waals surface area contributed by atoms with Gasteiger partial charge in [-0.1, -0.05) is 27.7 Å². The standard InChI is InChI=1S/C9H19NO2/c1-7(2)5-9(3,4)6-10-8(11)12/h7,10H,5-6H2,1-4H3,(H,11,12). The molecule has 3 heteroatoms. The summed E-state index contributed by atoms with van der Waals surface area (Å²) in [5.41, 5.74) is 0.0621. The molecular weight excluding hydrogens is 154 g/mol. The molecule has 12 heavy (non-hydrogen) atoms. The zero-order chi connectivity index (χ0) is 9.78. The van der Waals surface area contributed by atoms with Crippen molar-refractivity contribution in [1.82, 2.24) is 5.32 Å². The van der Waals surface area contributed by atoms with Crippen LogP contribution in [0.3, 0.4) is 0 Å². The smallest absolute Gasteiger partial charge is 0.404 e. The van der Waals surface area contributed by atoms with Crippen molar-refractivity contribution in [2.45, 2.75) is 34.1 Å². The molecule has 0 atom stereocenters. The van der Waals surface area contributed by atoms with E-state index in [2.05, 4.69) is 33.0 Å². The highest BCUT2D eigenvalue weighted by Crippen LogP contribution is 2.23. The van der Waals surface area contributed by atoms with E-state index >= 15 is 0 Å². The van der Waals surface area contributed by atoms with Gasteiger partial charge in [0.25, 0.3) is 0 Å². The van der Waals surface area contributed by atoms with Crippen molar-refractivity contribution in [1.29, 1.82) is 0 Å². The normalized spacial score (nSPS) is 11.8. The van der Waals surface area contributed by atoms with Crippen molar-refractivity contribution in [2.75, 3.05) is 6.54 Å². The summed E-state index contributed by atoms with van der Waals surface area (Å²) < 4.78 is 0. The van der Waals surface area contributed by atoms with Gasteiger partial charge in [0, 0.05) is 6.54 Å². The van der Waals surface area contributed by atoms with Gasteiger partial charge in [0.05, 0.1) is 0 Å². The van der Waals surface area contributed by atoms with E-state index in [4.69, 9.17) is 5.11 Å². The number of carbonyl (C=O) groups is 1. The summed E-state index contributed by atoms with van der Waals surface area (Å²) in [6.45, 7) is 8.96. The van der Waals surface area contributed by atoms with Crippen LogP contribution in [0.2, 0.25) is 0 Å². The SMILES string of the molecule is CC(C)CC(C)(C)CNC(=O)O. The minimum atomic E-state index is -0.938. The van der Waals surface area contributed by atoms with Gasteiger partial charge < -0.3 is 10.4 Å². The first kappa shape index (κ1) is 11.3. The van der Waals surface area contributed by atoms with E-state index in [1.165, 1.54) is 0 Å². The van der Waals surface area contributed by atoms with Crippen LogP contribution >= 0.6 is 0 Å². The number of nitrogens with one attached hydrogen (secondary N) is 1. The Morgan fingerprint density at radius 3 is 2.33 bits per heavy atom. The van der Waals surface area contributed by atoms with E-state index in [9.17, 15) is 4.79 Å². The molecule has 3 nitrogen and oxygen atoms in total. The molecule has 0 saturated heterocycles. The Labute approximate surface area is 74.2 Å². The number of hydrogen-bond acceptors (Lipinski definition) is 1. The van der Waals surface area contributed by atoms with Gasteiger partial charge in [-0.25, -0.2) is 4.79 Å². The van der Waals surface area contributed by atoms with Crippen LogP contribution in [0.25, 0.3) is 0 Å². The molecule has 1 amide bonds. The molecule has 0 spiro atoms. The van der Waals surface area contributed by atoms with Gasteiger partial charge in [0.15, 0.2) is 0 Å². The fraction of sp³-hybridized carbons (Fsp3) is 0.889. The van der Waals surface area contributed by atoms with Crippen molar-refractivity contribution >= 4 is 6.09 Å². The Hall–Kier alpha value is -0.730. The predicted octanol–water partition coefficient (Wildman–Crippen LogP) is 2.33. The second-order valence-electron chi connectivity index (χ2n) is 4.42. The minimum Gasteiger partial charge on any atom is -0.465 e. The molecule has 0 aliphatic rings. The van der Waals surface area contributed by atoms with Gasteiger partial charge in [-0.05, 0) is 17.8 Å². The zero-order valence-corrected chi connectivity index (χ0v) is 8.35. The lowest BCUT2D eigenvalue weighted by molar-refractivity contribution is 0.184. The fourth-order valence-corrected chi connectivity index (χ4v) is 1.49. The molecule has 0 aliphatic heterocycles. The number of amides is 1. The van der Waals surface area contributed by atoms with Gasteiger partial charge in [0.1, 0.15) is 0 Å². The second kappa shape index (κ2) is 4.33. The van der Waals surface area contributed by atoms with Crippen molar-refractivity contribution in [2.24, 2.45) is 11.3 Å². The van der Waals surface area contributed by atoms with E-state index in [-0.39, 0.29) is 5.41 Å². The molecule has 0 rings (SSSR count). The van der Waals surface area contributed by atoms with Crippen LogP contribution < -0.4 is 5.32 Å². The van der Waals surface area contributed by atoms with Crippen molar-refractivity contribution in [3.63, 3.8) is 0 Å². The molecule has 0 fully saturated rings. The molecule has 2 N–H and O–H groups in total. The minimum absolute atomic E-state index is 0.0621. The molecule has 0 heterocycles. The fourth-order valence-electron chi connectivity index (χ4n) is 1.49. The maximum atomic E-state index is 10.2. The Morgan fingerprint density at radius 2 is 2.00 bits per heavy atom. The molecule has 72 valence electrons. The molecule has 0 radical (unpaired) electrons. The average Bonchev–Trinajstić information content (AvgIpc) is 1.81. The monoisotopic (exact) mass is 173 g/mol. The quantitative estimate of drug-likeness (QED) is 0.685. The number of carboxylic acid groups (broad SMARTS) is 1. The summed E-state index contributed by atoms with van der Waals surface area (Å²) in [6, 6.07) is 0. The van der Waals surface area contributed by atoms with E-state index in [1.807, 2.05) is 0 Å². The van der Waals surface area contributed by atoms with Gasteiger partial charge in [-0.2, -0.15) is 0 Å². The third-order valence-electron chi connectivity index (χ3n) is 1.68. The Kier molecular flexibility index (Phi) is 4.07. The Bertz CT molecular complexity index is 153. The summed E-state index contributed by atoms with van der Waals surface area (Å²) in [5.74, 6) is 0.607. The lowest BCUT2D eigenvalue weighted by atomic mass is 9.84. The topological polar surface area (TPSA) is 49.3 Å². The van der Waals surface area contributed by atoms with Gasteiger partial charge in [-0.15, -0.1) is 0 Å². The first-order chi connectivity index (χ1) is 5.33. The molecule has 0 aromatic carbocycles. The summed E-state index contributed by atoms with van der Waals surface area (Å²) in [7, 11) is 0. The van der Waals surface area contributed by atoms with E-state index in [0.29, 0.717) is 12.5 Å². The highest BCUT2D eigenvalue weighted by molar-refractivity contribution is 5.64. The third-order valence-corrected chi connectivity index (χ3v) is 1.68. The molecule has 0 aliphatic carbocycles. The number of hydrogen-bond donors (Lipinski definition) is 2. The average molecular weight is 173 g/mol. The van der Waals surface area contributed by atoms with Gasteiger partial charge in [-0.3, -0.25) is 0 Å². The van der Waals surface area contributed by atoms with E-state index < -0.39 is 6.09 Å². The van der Waals surface area contributed by atoms with Crippen LogP contribution in [0.4, 0.5) is 4.79 Å². The molecule has 0 unspecified atom stereocenters. The largest absolute Gasteiger partial charge is 0.465 e. The Morgan fingerprint density at radius 1 is 1.50 bits per heavy atom. The van der Waals surface area contributed by atoms with Crippen molar-refractivity contribution < 1.29 is 9.90 Å². The molecule has 0 aromatic heterocycles. The van der Waals surface area contributed by atoms with Crippen LogP contribution in [-0.4, -0.2) is 17.7 Å². The predicted molar refractivity (Wildman–Crippen MR) is 49.3 cm³/mol. The van der Waals surface area contributed by atoms with Crippen molar-refractivity contribution in [3.8, 4) is 0 Å². The maximum Gasteiger partial charge on any atom is 0.404 e. The van der Waals surface area contributed by atoms with E-state index in [0.717, 1.165) is 6.42 Å². The molecule has 0 saturated carbocycles. The van der Waals surface area contributed by atoms with Crippen LogP contribution in [0, 0.1) is 11.3 Å². The van der Waals surface area contributed by atoms with Crippen molar-refractivity contribution in [3.05, 3.63) is 0 Å². The lowest BCUT2D eigenvalue weighted by Crippen LogP contribution is -2.33. The highest BCUT2D eigenvalue weighted by Gasteiger charge is 2.19. The second-order valence-corrected chi connectivity index (χ2v) is 4.42. The Balaban J connectivity index is 3.78. The first-order valence-corrected chi connectivity index (χ1v) is 4.30.